The van der Waals surface area contributed by atoms with Gasteiger partial charge in [0.1, 0.15) is 0 Å². The maximum absolute atomic E-state index is 11.4. The van der Waals surface area contributed by atoms with Crippen molar-refractivity contribution in [3.8, 4) is 0 Å². The maximum Gasteiger partial charge on any atom is 0.275 e. The molecule has 19 heavy (non-hydrogen) atoms. The second-order valence-corrected chi connectivity index (χ2v) is 8.34. The van der Waals surface area contributed by atoms with Crippen molar-refractivity contribution in [3.05, 3.63) is 21.9 Å². The van der Waals surface area contributed by atoms with Crippen LogP contribution in [0.1, 0.15) is 34.8 Å². The molecular weight excluding hydrogens is 278 g/mol. The van der Waals surface area contributed by atoms with Gasteiger partial charge >= 0.3 is 0 Å². The Morgan fingerprint density at radius 3 is 3.00 bits per heavy atom. The number of thioether (sulfide) groups is 1. The minimum Gasteiger partial charge on any atom is -0.297 e. The molecule has 0 spiro atoms. The Bertz CT molecular complexity index is 445. The van der Waals surface area contributed by atoms with Crippen molar-refractivity contribution in [2.45, 2.75) is 31.6 Å². The summed E-state index contributed by atoms with van der Waals surface area (Å²) in [4.78, 5) is 15.8. The summed E-state index contributed by atoms with van der Waals surface area (Å²) >= 11 is 3.58. The highest BCUT2D eigenvalue weighted by atomic mass is 32.2. The zero-order valence-electron chi connectivity index (χ0n) is 11.4. The van der Waals surface area contributed by atoms with E-state index in [1.165, 1.54) is 28.4 Å². The van der Waals surface area contributed by atoms with Crippen LogP contribution >= 0.6 is 23.1 Å². The summed E-state index contributed by atoms with van der Waals surface area (Å²) in [6.45, 7) is 7.80. The van der Waals surface area contributed by atoms with Gasteiger partial charge in [-0.2, -0.15) is 11.8 Å². The molecule has 1 saturated heterocycles. The summed E-state index contributed by atoms with van der Waals surface area (Å²) in [5, 5.41) is 0. The number of hydrogen-bond donors (Lipinski definition) is 2. The monoisotopic (exact) mass is 299 g/mol. The predicted octanol–water partition coefficient (Wildman–Crippen LogP) is 2.07. The lowest BCUT2D eigenvalue weighted by Crippen LogP contribution is -2.29. The lowest BCUT2D eigenvalue weighted by Gasteiger charge is -2.22. The van der Waals surface area contributed by atoms with Crippen LogP contribution in [-0.4, -0.2) is 34.4 Å². The Hall–Kier alpha value is -0.560. The van der Waals surface area contributed by atoms with E-state index in [1.54, 1.807) is 0 Å². The number of hydrogen-bond acceptors (Lipinski definition) is 5. The van der Waals surface area contributed by atoms with Crippen LogP contribution < -0.4 is 11.3 Å². The summed E-state index contributed by atoms with van der Waals surface area (Å²) in [5.41, 5.74) is 2.17. The minimum atomic E-state index is -0.205. The largest absolute Gasteiger partial charge is 0.297 e. The van der Waals surface area contributed by atoms with Crippen LogP contribution in [0.4, 0.5) is 0 Å². The van der Waals surface area contributed by atoms with E-state index in [1.807, 2.05) is 12.1 Å². The summed E-state index contributed by atoms with van der Waals surface area (Å²) in [6.07, 6.45) is 1.21. The van der Waals surface area contributed by atoms with Gasteiger partial charge in [0.25, 0.3) is 5.91 Å². The number of nitrogens with one attached hydrogen (secondary N) is 1. The van der Waals surface area contributed by atoms with Gasteiger partial charge in [-0.25, -0.2) is 5.84 Å². The molecule has 1 aromatic rings. The molecule has 1 aromatic heterocycles. The fourth-order valence-corrected chi connectivity index (χ4v) is 4.19. The lowest BCUT2D eigenvalue weighted by molar-refractivity contribution is 0.0957. The van der Waals surface area contributed by atoms with Crippen LogP contribution in [0.5, 0.6) is 0 Å². The Morgan fingerprint density at radius 1 is 1.47 bits per heavy atom. The standard InChI is InChI=1S/C13H21N3OS2/c1-13(2)5-6-16(7-8-18-13)9-10-3-4-11(19-10)12(17)15-14/h3-4H,5-9,14H2,1-2H3,(H,15,17). The van der Waals surface area contributed by atoms with Crippen molar-refractivity contribution in [2.24, 2.45) is 5.84 Å². The topological polar surface area (TPSA) is 58.4 Å². The maximum atomic E-state index is 11.4. The molecule has 0 unspecified atom stereocenters. The van der Waals surface area contributed by atoms with Crippen LogP contribution in [0.3, 0.4) is 0 Å². The molecule has 3 N–H and O–H groups in total. The highest BCUT2D eigenvalue weighted by molar-refractivity contribution is 8.00. The molecule has 0 aliphatic carbocycles. The van der Waals surface area contributed by atoms with Gasteiger partial charge in [0.05, 0.1) is 4.88 Å². The van der Waals surface area contributed by atoms with Gasteiger partial charge in [0.2, 0.25) is 0 Å². The third-order valence-electron chi connectivity index (χ3n) is 3.33. The molecule has 1 fully saturated rings. The molecule has 0 aromatic carbocycles. The van der Waals surface area contributed by atoms with E-state index in [4.69, 9.17) is 5.84 Å². The molecule has 2 rings (SSSR count). The molecule has 1 amide bonds. The Labute approximate surface area is 122 Å². The molecule has 0 atom stereocenters. The number of thiophene rings is 1. The zero-order valence-corrected chi connectivity index (χ0v) is 13.1. The fraction of sp³-hybridized carbons (Fsp3) is 0.615. The van der Waals surface area contributed by atoms with Gasteiger partial charge < -0.3 is 0 Å². The van der Waals surface area contributed by atoms with E-state index >= 15 is 0 Å². The molecule has 6 heteroatoms. The highest BCUT2D eigenvalue weighted by Gasteiger charge is 2.23. The number of rotatable bonds is 3. The van der Waals surface area contributed by atoms with Crippen molar-refractivity contribution >= 4 is 29.0 Å². The molecule has 0 saturated carbocycles. The summed E-state index contributed by atoms with van der Waals surface area (Å²) in [7, 11) is 0. The smallest absolute Gasteiger partial charge is 0.275 e. The van der Waals surface area contributed by atoms with Crippen molar-refractivity contribution < 1.29 is 4.79 Å². The van der Waals surface area contributed by atoms with Gasteiger partial charge in [-0.15, -0.1) is 11.3 Å². The second-order valence-electron chi connectivity index (χ2n) is 5.37. The van der Waals surface area contributed by atoms with Crippen molar-refractivity contribution in [1.82, 2.24) is 10.3 Å². The van der Waals surface area contributed by atoms with Crippen molar-refractivity contribution in [2.75, 3.05) is 18.8 Å². The molecule has 1 aliphatic rings. The quantitative estimate of drug-likeness (QED) is 0.510. The second kappa shape index (κ2) is 6.26. The SMILES string of the molecule is CC1(C)CCN(Cc2ccc(C(=O)NN)s2)CCS1. The van der Waals surface area contributed by atoms with Crippen LogP contribution in [0.25, 0.3) is 0 Å². The molecule has 2 heterocycles. The minimum absolute atomic E-state index is 0.205. The molecule has 0 radical (unpaired) electrons. The van der Waals surface area contributed by atoms with E-state index in [0.717, 1.165) is 19.6 Å². The zero-order chi connectivity index (χ0) is 13.9. The first kappa shape index (κ1) is 14.8. The van der Waals surface area contributed by atoms with Crippen molar-refractivity contribution in [1.29, 1.82) is 0 Å². The molecule has 4 nitrogen and oxygen atoms in total. The van der Waals surface area contributed by atoms with Gasteiger partial charge in [0, 0.05) is 28.5 Å². The van der Waals surface area contributed by atoms with E-state index in [2.05, 4.69) is 35.9 Å². The number of amides is 1. The normalized spacial score (nSPS) is 19.9. The predicted molar refractivity (Wildman–Crippen MR) is 82.4 cm³/mol. The lowest BCUT2D eigenvalue weighted by atomic mass is 10.1. The third-order valence-corrected chi connectivity index (χ3v) is 5.77. The number of carbonyl (C=O) groups is 1. The number of hydrazine groups is 1. The Balaban J connectivity index is 1.94. The number of carbonyl (C=O) groups excluding carboxylic acids is 1. The first-order chi connectivity index (χ1) is 9.00. The molecule has 1 aliphatic heterocycles. The number of nitrogens with zero attached hydrogens (tertiary/aromatic N) is 1. The summed E-state index contributed by atoms with van der Waals surface area (Å²) < 4.78 is 0.384. The molecule has 106 valence electrons. The Kier molecular flexibility index (Phi) is 4.89. The van der Waals surface area contributed by atoms with E-state index in [-0.39, 0.29) is 5.91 Å². The molecule has 0 bridgehead atoms. The van der Waals surface area contributed by atoms with Crippen LogP contribution in [0, 0.1) is 0 Å². The van der Waals surface area contributed by atoms with E-state index < -0.39 is 0 Å². The van der Waals surface area contributed by atoms with Gasteiger partial charge in [0.15, 0.2) is 0 Å². The van der Waals surface area contributed by atoms with Crippen LogP contribution in [-0.2, 0) is 6.54 Å². The average Bonchev–Trinajstić information content (AvgIpc) is 2.76. The summed E-state index contributed by atoms with van der Waals surface area (Å²) in [6, 6.07) is 3.87. The number of nitrogens with two attached hydrogens (primary N) is 1. The van der Waals surface area contributed by atoms with Crippen molar-refractivity contribution in [3.63, 3.8) is 0 Å². The first-order valence-electron chi connectivity index (χ1n) is 6.46. The van der Waals surface area contributed by atoms with Gasteiger partial charge in [-0.1, -0.05) is 13.8 Å². The van der Waals surface area contributed by atoms with Gasteiger partial charge in [-0.3, -0.25) is 15.1 Å². The number of nitrogen functional groups attached to an aromatic ring is 1. The fourth-order valence-electron chi connectivity index (χ4n) is 2.10. The van der Waals surface area contributed by atoms with E-state index in [9.17, 15) is 4.79 Å². The summed E-state index contributed by atoms with van der Waals surface area (Å²) in [5.74, 6) is 6.11. The van der Waals surface area contributed by atoms with E-state index in [0.29, 0.717) is 9.62 Å². The van der Waals surface area contributed by atoms with Crippen LogP contribution in [0.15, 0.2) is 12.1 Å². The molecular formula is C13H21N3OS2. The van der Waals surface area contributed by atoms with Crippen LogP contribution in [0.2, 0.25) is 0 Å². The first-order valence-corrected chi connectivity index (χ1v) is 8.26. The average molecular weight is 299 g/mol. The third kappa shape index (κ3) is 4.21. The highest BCUT2D eigenvalue weighted by Crippen LogP contribution is 2.31. The van der Waals surface area contributed by atoms with Gasteiger partial charge in [-0.05, 0) is 25.1 Å². The Morgan fingerprint density at radius 2 is 2.26 bits per heavy atom.